The first kappa shape index (κ1) is 29.5. The molecule has 0 saturated carbocycles. The van der Waals surface area contributed by atoms with Crippen molar-refractivity contribution in [3.8, 4) is 0 Å². The van der Waals surface area contributed by atoms with Gasteiger partial charge in [-0.3, -0.25) is 14.7 Å². The quantitative estimate of drug-likeness (QED) is 0.435. The highest BCUT2D eigenvalue weighted by Gasteiger charge is 2.35. The van der Waals surface area contributed by atoms with Gasteiger partial charge in [0.15, 0.2) is 5.17 Å². The third-order valence-corrected chi connectivity index (χ3v) is 8.25. The highest BCUT2D eigenvalue weighted by Crippen LogP contribution is 2.39. The zero-order valence-electron chi connectivity index (χ0n) is 23.2. The van der Waals surface area contributed by atoms with E-state index in [9.17, 15) is 19.6 Å². The number of nitrogens with zero attached hydrogens (tertiary/aromatic N) is 4. The number of benzene rings is 2. The molecule has 216 valence electrons. The molecule has 10 nitrogen and oxygen atoms in total. The smallest absolute Gasteiger partial charge is 0.444 e. The van der Waals surface area contributed by atoms with Gasteiger partial charge in [0, 0.05) is 49.7 Å². The van der Waals surface area contributed by atoms with E-state index in [4.69, 9.17) is 21.3 Å². The van der Waals surface area contributed by atoms with E-state index in [2.05, 4.69) is 20.5 Å². The summed E-state index contributed by atoms with van der Waals surface area (Å²) in [5.74, 6) is -0.395. The Bertz CT molecular complexity index is 1390. The molecule has 2 amide bonds. The Hall–Kier alpha value is -3.03. The van der Waals surface area contributed by atoms with Crippen molar-refractivity contribution < 1.29 is 24.4 Å². The Morgan fingerprint density at radius 3 is 2.56 bits per heavy atom. The number of hydrogen-bond donors (Lipinski definition) is 3. The topological polar surface area (TPSA) is 118 Å². The minimum Gasteiger partial charge on any atom is -0.444 e. The van der Waals surface area contributed by atoms with Crippen LogP contribution in [-0.4, -0.2) is 93.9 Å². The van der Waals surface area contributed by atoms with Gasteiger partial charge in [0.2, 0.25) is 0 Å². The highest BCUT2D eigenvalue weighted by molar-refractivity contribution is 8.16. The molecule has 0 aromatic heterocycles. The standard InChI is InChI=1S/C28H33BClN5O5S/c1-28(2,3)40-27(37)34-12-10-33(11-13-34)15-19-17-41-26-32-24(16-35(19)26)21-6-4-5-7-23(21)31-25(36)20-9-8-18(29(38)39)14-22(20)30/h4-9,14,17,24,38-39H,10-13,15-16H2,1-3H3,(H,31,36). The van der Waals surface area contributed by atoms with E-state index in [0.29, 0.717) is 25.3 Å². The molecule has 1 unspecified atom stereocenters. The van der Waals surface area contributed by atoms with Crippen LogP contribution in [0, 0.1) is 0 Å². The van der Waals surface area contributed by atoms with Gasteiger partial charge in [-0.1, -0.05) is 47.6 Å². The van der Waals surface area contributed by atoms with E-state index in [1.807, 2.05) is 45.0 Å². The fraction of sp³-hybridized carbons (Fsp3) is 0.393. The number of thioether (sulfide) groups is 1. The number of carbonyl (C=O) groups excluding carboxylic acids is 2. The van der Waals surface area contributed by atoms with Gasteiger partial charge in [-0.2, -0.15) is 0 Å². The second kappa shape index (κ2) is 12.1. The first-order chi connectivity index (χ1) is 19.5. The zero-order chi connectivity index (χ0) is 29.3. The lowest BCUT2D eigenvalue weighted by atomic mass is 9.80. The van der Waals surface area contributed by atoms with Crippen molar-refractivity contribution in [2.24, 2.45) is 4.99 Å². The van der Waals surface area contributed by atoms with Crippen LogP contribution in [0.1, 0.15) is 42.7 Å². The van der Waals surface area contributed by atoms with Crippen LogP contribution in [-0.2, 0) is 4.74 Å². The summed E-state index contributed by atoms with van der Waals surface area (Å²) in [6.07, 6.45) is -0.265. The fourth-order valence-corrected chi connectivity index (χ4v) is 6.14. The Balaban J connectivity index is 1.20. The number of ether oxygens (including phenoxy) is 1. The molecule has 41 heavy (non-hydrogen) atoms. The molecule has 3 N–H and O–H groups in total. The summed E-state index contributed by atoms with van der Waals surface area (Å²) in [4.78, 5) is 36.8. The molecule has 5 rings (SSSR count). The van der Waals surface area contributed by atoms with E-state index < -0.39 is 18.6 Å². The average Bonchev–Trinajstić information content (AvgIpc) is 3.50. The maximum absolute atomic E-state index is 13.1. The summed E-state index contributed by atoms with van der Waals surface area (Å²) < 4.78 is 5.51. The molecule has 0 aliphatic carbocycles. The third-order valence-electron chi connectivity index (χ3n) is 7.01. The van der Waals surface area contributed by atoms with Crippen molar-refractivity contribution in [2.75, 3.05) is 44.6 Å². The Labute approximate surface area is 249 Å². The Kier molecular flexibility index (Phi) is 8.67. The molecular weight excluding hydrogens is 565 g/mol. The number of hydrogen-bond acceptors (Lipinski definition) is 9. The molecule has 13 heteroatoms. The molecule has 3 heterocycles. The maximum atomic E-state index is 13.1. The van der Waals surface area contributed by atoms with Gasteiger partial charge in [0.1, 0.15) is 5.60 Å². The fourth-order valence-electron chi connectivity index (χ4n) is 4.92. The van der Waals surface area contributed by atoms with Gasteiger partial charge in [-0.05, 0) is 49.8 Å². The number of carbonyl (C=O) groups is 2. The van der Waals surface area contributed by atoms with E-state index in [0.717, 1.165) is 30.4 Å². The van der Waals surface area contributed by atoms with Gasteiger partial charge in [0.05, 0.1) is 23.2 Å². The monoisotopic (exact) mass is 597 g/mol. The number of piperazine rings is 1. The van der Waals surface area contributed by atoms with E-state index in [1.54, 1.807) is 16.7 Å². The second-order valence-corrected chi connectivity index (χ2v) is 12.4. The van der Waals surface area contributed by atoms with E-state index >= 15 is 0 Å². The van der Waals surface area contributed by atoms with Gasteiger partial charge in [-0.25, -0.2) is 4.79 Å². The van der Waals surface area contributed by atoms with Crippen LogP contribution in [0.3, 0.4) is 0 Å². The largest absolute Gasteiger partial charge is 0.488 e. The number of para-hydroxylation sites is 1. The molecule has 0 radical (unpaired) electrons. The molecule has 1 atom stereocenters. The van der Waals surface area contributed by atoms with Crippen molar-refractivity contribution in [3.05, 3.63) is 69.7 Å². The summed E-state index contributed by atoms with van der Waals surface area (Å²) in [5.41, 5.74) is 2.64. The summed E-state index contributed by atoms with van der Waals surface area (Å²) in [7, 11) is -1.67. The van der Waals surface area contributed by atoms with Crippen molar-refractivity contribution in [2.45, 2.75) is 32.4 Å². The number of rotatable bonds is 6. The summed E-state index contributed by atoms with van der Waals surface area (Å²) in [5, 5.41) is 24.9. The zero-order valence-corrected chi connectivity index (χ0v) is 24.8. The molecular formula is C28H33BClN5O5S. The first-order valence-corrected chi connectivity index (χ1v) is 14.7. The Morgan fingerprint density at radius 1 is 1.15 bits per heavy atom. The van der Waals surface area contributed by atoms with Crippen LogP contribution in [0.5, 0.6) is 0 Å². The van der Waals surface area contributed by atoms with E-state index in [-0.39, 0.29) is 28.2 Å². The van der Waals surface area contributed by atoms with Gasteiger partial charge < -0.3 is 29.9 Å². The molecule has 3 aliphatic rings. The lowest BCUT2D eigenvalue weighted by Gasteiger charge is -2.36. The molecule has 2 aromatic rings. The minimum atomic E-state index is -1.67. The van der Waals surface area contributed by atoms with Gasteiger partial charge >= 0.3 is 13.2 Å². The molecule has 1 saturated heterocycles. The van der Waals surface area contributed by atoms with Crippen LogP contribution in [0.2, 0.25) is 5.02 Å². The number of aliphatic imine (C=N–C) groups is 1. The van der Waals surface area contributed by atoms with Gasteiger partial charge in [-0.15, -0.1) is 0 Å². The molecule has 3 aliphatic heterocycles. The molecule has 2 aromatic carbocycles. The van der Waals surface area contributed by atoms with Crippen molar-refractivity contribution in [1.82, 2.24) is 14.7 Å². The van der Waals surface area contributed by atoms with Crippen LogP contribution in [0.25, 0.3) is 0 Å². The van der Waals surface area contributed by atoms with Crippen LogP contribution in [0.15, 0.2) is 58.6 Å². The van der Waals surface area contributed by atoms with Crippen molar-refractivity contribution in [1.29, 1.82) is 0 Å². The van der Waals surface area contributed by atoms with Crippen LogP contribution >= 0.6 is 23.4 Å². The number of nitrogens with one attached hydrogen (secondary N) is 1. The maximum Gasteiger partial charge on any atom is 0.488 e. The van der Waals surface area contributed by atoms with Crippen LogP contribution < -0.4 is 10.8 Å². The average molecular weight is 598 g/mol. The number of halogens is 1. The van der Waals surface area contributed by atoms with Crippen molar-refractivity contribution in [3.63, 3.8) is 0 Å². The highest BCUT2D eigenvalue weighted by atomic mass is 35.5. The molecule has 1 fully saturated rings. The minimum absolute atomic E-state index is 0.130. The normalized spacial score (nSPS) is 19.0. The first-order valence-electron chi connectivity index (χ1n) is 13.5. The van der Waals surface area contributed by atoms with Gasteiger partial charge in [0.25, 0.3) is 5.91 Å². The SMILES string of the molecule is CC(C)(C)OC(=O)N1CCN(CC2=CSC3=NC(c4ccccc4NC(=O)c4ccc(B(O)O)cc4Cl)CN23)CC1. The number of amidine groups is 1. The Morgan fingerprint density at radius 2 is 1.88 bits per heavy atom. The van der Waals surface area contributed by atoms with Crippen LogP contribution in [0.4, 0.5) is 10.5 Å². The second-order valence-electron chi connectivity index (χ2n) is 11.2. The number of amides is 2. The van der Waals surface area contributed by atoms with Crippen molar-refractivity contribution >= 4 is 58.8 Å². The summed E-state index contributed by atoms with van der Waals surface area (Å²) in [6.45, 7) is 9.82. The number of fused-ring (bicyclic) bond motifs is 1. The third kappa shape index (κ3) is 6.90. The summed E-state index contributed by atoms with van der Waals surface area (Å²) >= 11 is 7.86. The lowest BCUT2D eigenvalue weighted by molar-refractivity contribution is 0.0150. The molecule has 0 spiro atoms. The number of anilines is 1. The molecule has 0 bridgehead atoms. The lowest BCUT2D eigenvalue weighted by Crippen LogP contribution is -2.50. The predicted molar refractivity (Wildman–Crippen MR) is 162 cm³/mol. The van der Waals surface area contributed by atoms with E-state index in [1.165, 1.54) is 23.9 Å². The predicted octanol–water partition coefficient (Wildman–Crippen LogP) is 3.13. The summed E-state index contributed by atoms with van der Waals surface area (Å²) in [6, 6.07) is 11.7.